The Balaban J connectivity index is 2.25. The van der Waals surface area contributed by atoms with Gasteiger partial charge in [0.25, 0.3) is 0 Å². The van der Waals surface area contributed by atoms with Crippen LogP contribution in [0.3, 0.4) is 0 Å². The Morgan fingerprint density at radius 2 is 1.43 bits per heavy atom. The highest BCUT2D eigenvalue weighted by Crippen LogP contribution is 2.41. The first-order chi connectivity index (χ1) is 13.9. The summed E-state index contributed by atoms with van der Waals surface area (Å²) in [5.41, 5.74) is 1.48. The first-order valence-corrected chi connectivity index (χ1v) is 17.0. The summed E-state index contributed by atoms with van der Waals surface area (Å²) in [6, 6.07) is 16.9. The highest BCUT2D eigenvalue weighted by Gasteiger charge is 2.28. The number of hydrogen-bond donors (Lipinski definition) is 0. The van der Waals surface area contributed by atoms with Gasteiger partial charge in [-0.3, -0.25) is 0 Å². The molecule has 0 radical (unpaired) electrons. The Morgan fingerprint density at radius 1 is 0.800 bits per heavy atom. The number of rotatable bonds is 6. The summed E-state index contributed by atoms with van der Waals surface area (Å²) in [5.74, 6) is 1.35. The van der Waals surface area contributed by atoms with Crippen LogP contribution in [0.15, 0.2) is 54.6 Å². The van der Waals surface area contributed by atoms with Crippen LogP contribution >= 0.6 is 0 Å². The zero-order valence-electron chi connectivity index (χ0n) is 18.8. The van der Waals surface area contributed by atoms with Gasteiger partial charge in [0.2, 0.25) is 16.6 Å². The van der Waals surface area contributed by atoms with Crippen LogP contribution in [-0.4, -0.2) is 22.6 Å². The van der Waals surface area contributed by atoms with Crippen molar-refractivity contribution >= 4 is 33.4 Å². The maximum Gasteiger partial charge on any atom is 0.347 e. The van der Waals surface area contributed by atoms with Gasteiger partial charge in [0.1, 0.15) is 22.8 Å². The summed E-state index contributed by atoms with van der Waals surface area (Å²) in [6.07, 6.45) is 0. The van der Waals surface area contributed by atoms with Crippen molar-refractivity contribution in [3.63, 3.8) is 0 Å². The summed E-state index contributed by atoms with van der Waals surface area (Å²) in [7, 11) is -3.92. The molecule has 3 aromatic rings. The minimum atomic E-state index is -2.01. The van der Waals surface area contributed by atoms with E-state index in [1.54, 1.807) is 18.2 Å². The Bertz CT molecular complexity index is 1060. The Kier molecular flexibility index (Phi) is 6.10. The molecule has 3 aromatic carbocycles. The smallest absolute Gasteiger partial charge is 0.347 e. The molecule has 4 nitrogen and oxygen atoms in total. The predicted molar refractivity (Wildman–Crippen MR) is 128 cm³/mol. The Hall–Kier alpha value is -2.58. The lowest BCUT2D eigenvalue weighted by atomic mass is 10.0. The van der Waals surface area contributed by atoms with Gasteiger partial charge in [-0.15, -0.1) is 0 Å². The van der Waals surface area contributed by atoms with E-state index in [1.165, 1.54) is 0 Å². The maximum absolute atomic E-state index is 13.2. The summed E-state index contributed by atoms with van der Waals surface area (Å²) in [4.78, 5) is 13.2. The van der Waals surface area contributed by atoms with E-state index in [2.05, 4.69) is 52.3 Å². The maximum atomic E-state index is 13.2. The molecule has 0 unspecified atom stereocenters. The molecule has 3 rings (SSSR count). The van der Waals surface area contributed by atoms with Gasteiger partial charge < -0.3 is 13.6 Å². The monoisotopic (exact) mass is 438 g/mol. The molecule has 0 fully saturated rings. The molecule has 0 aromatic heterocycles. The summed E-state index contributed by atoms with van der Waals surface area (Å²) >= 11 is 0. The number of benzene rings is 3. The number of hydrogen-bond acceptors (Lipinski definition) is 4. The van der Waals surface area contributed by atoms with Gasteiger partial charge in [-0.25, -0.2) is 4.79 Å². The van der Waals surface area contributed by atoms with Crippen molar-refractivity contribution in [3.05, 3.63) is 65.7 Å². The molecule has 0 atom stereocenters. The Labute approximate surface area is 181 Å². The first kappa shape index (κ1) is 22.1. The van der Waals surface area contributed by atoms with Gasteiger partial charge in [0.05, 0.1) is 0 Å². The summed E-state index contributed by atoms with van der Waals surface area (Å²) in [6.45, 7) is 14.8. The molecule has 0 N–H and O–H groups in total. The van der Waals surface area contributed by atoms with E-state index in [0.29, 0.717) is 22.8 Å². The van der Waals surface area contributed by atoms with E-state index in [1.807, 2.05) is 30.3 Å². The van der Waals surface area contributed by atoms with Crippen LogP contribution in [0.4, 0.5) is 0 Å². The minimum absolute atomic E-state index is 0.396. The second kappa shape index (κ2) is 8.28. The van der Waals surface area contributed by atoms with Crippen LogP contribution in [0.2, 0.25) is 39.3 Å². The van der Waals surface area contributed by atoms with Crippen molar-refractivity contribution in [3.8, 4) is 17.2 Å². The highest BCUT2D eigenvalue weighted by atomic mass is 28.4. The zero-order valence-corrected chi connectivity index (χ0v) is 20.8. The lowest BCUT2D eigenvalue weighted by Gasteiger charge is -2.26. The van der Waals surface area contributed by atoms with Crippen molar-refractivity contribution in [2.24, 2.45) is 0 Å². The molecule has 0 aliphatic heterocycles. The van der Waals surface area contributed by atoms with E-state index >= 15 is 0 Å². The van der Waals surface area contributed by atoms with Crippen molar-refractivity contribution in [1.82, 2.24) is 0 Å². The van der Waals surface area contributed by atoms with Crippen LogP contribution in [0.25, 0.3) is 10.8 Å². The van der Waals surface area contributed by atoms with Gasteiger partial charge in [-0.05, 0) is 70.0 Å². The van der Waals surface area contributed by atoms with Crippen LogP contribution in [0.1, 0.15) is 15.9 Å². The van der Waals surface area contributed by atoms with Gasteiger partial charge in [-0.2, -0.15) is 0 Å². The normalized spacial score (nSPS) is 12.0. The summed E-state index contributed by atoms with van der Waals surface area (Å²) in [5, 5.41) is 1.87. The molecule has 0 heterocycles. The number of carbonyl (C=O) groups is 1. The summed E-state index contributed by atoms with van der Waals surface area (Å²) < 4.78 is 18.5. The zero-order chi connectivity index (χ0) is 22.1. The van der Waals surface area contributed by atoms with Crippen molar-refractivity contribution in [1.29, 1.82) is 0 Å². The van der Waals surface area contributed by atoms with E-state index in [-0.39, 0.29) is 0 Å². The predicted octanol–water partition coefficient (Wildman–Crippen LogP) is 6.79. The molecule has 0 bridgehead atoms. The van der Waals surface area contributed by atoms with E-state index < -0.39 is 22.6 Å². The van der Waals surface area contributed by atoms with Crippen molar-refractivity contribution in [2.75, 3.05) is 0 Å². The van der Waals surface area contributed by atoms with Crippen LogP contribution in [0, 0.1) is 6.92 Å². The minimum Gasteiger partial charge on any atom is -0.544 e. The number of aryl methyl sites for hydroxylation is 1. The molecule has 0 aliphatic carbocycles. The fourth-order valence-corrected chi connectivity index (χ4v) is 4.88. The fraction of sp³-hybridized carbons (Fsp3) is 0.292. The molecular weight excluding hydrogens is 408 g/mol. The lowest BCUT2D eigenvalue weighted by molar-refractivity contribution is 0.0732. The van der Waals surface area contributed by atoms with Crippen LogP contribution in [-0.2, 0) is 0 Å². The number of para-hydroxylation sites is 1. The molecule has 0 saturated heterocycles. The molecule has 0 spiro atoms. The molecular formula is C24H30O4Si2. The molecule has 158 valence electrons. The molecule has 0 amide bonds. The van der Waals surface area contributed by atoms with Gasteiger partial charge in [0.15, 0.2) is 0 Å². The van der Waals surface area contributed by atoms with E-state index in [4.69, 9.17) is 13.6 Å². The largest absolute Gasteiger partial charge is 0.544 e. The third-order valence-electron chi connectivity index (χ3n) is 4.28. The second-order valence-electron chi connectivity index (χ2n) is 9.38. The number of fused-ring (bicyclic) bond motifs is 1. The topological polar surface area (TPSA) is 44.8 Å². The average Bonchev–Trinajstić information content (AvgIpc) is 2.62. The fourth-order valence-electron chi connectivity index (χ4n) is 3.23. The third kappa shape index (κ3) is 5.31. The number of ether oxygens (including phenoxy) is 1. The SMILES string of the molecule is Cc1cccc2c(O[Si](C)(C)C)c(C(=O)Oc3ccccc3)cc(O[Si](C)(C)C)c12. The number of carbonyl (C=O) groups excluding carboxylic acids is 1. The van der Waals surface area contributed by atoms with Gasteiger partial charge in [0, 0.05) is 10.8 Å². The molecule has 30 heavy (non-hydrogen) atoms. The lowest BCUT2D eigenvalue weighted by Crippen LogP contribution is -2.31. The van der Waals surface area contributed by atoms with Crippen LogP contribution in [0.5, 0.6) is 17.2 Å². The molecule has 0 aliphatic rings. The average molecular weight is 439 g/mol. The number of esters is 1. The second-order valence-corrected chi connectivity index (χ2v) is 18.2. The van der Waals surface area contributed by atoms with E-state index in [9.17, 15) is 4.79 Å². The van der Waals surface area contributed by atoms with Crippen molar-refractivity contribution in [2.45, 2.75) is 46.2 Å². The standard InChI is InChI=1S/C24H30O4Si2/c1-17-12-11-15-19-22(17)21(27-29(2,3)4)16-20(23(19)28-30(5,6)7)24(25)26-18-13-9-8-10-14-18/h8-16H,1-7H3. The van der Waals surface area contributed by atoms with E-state index in [0.717, 1.165) is 16.3 Å². The molecule has 0 saturated carbocycles. The third-order valence-corrected chi connectivity index (χ3v) is 5.93. The highest BCUT2D eigenvalue weighted by molar-refractivity contribution is 6.71. The van der Waals surface area contributed by atoms with Crippen LogP contribution < -0.4 is 13.6 Å². The van der Waals surface area contributed by atoms with Gasteiger partial charge in [-0.1, -0.05) is 36.4 Å². The Morgan fingerprint density at radius 3 is 2.03 bits per heavy atom. The quantitative estimate of drug-likeness (QED) is 0.241. The van der Waals surface area contributed by atoms with Crippen molar-refractivity contribution < 1.29 is 18.4 Å². The first-order valence-electron chi connectivity index (χ1n) is 10.2. The van der Waals surface area contributed by atoms with Gasteiger partial charge >= 0.3 is 5.97 Å². The molecule has 6 heteroatoms.